The number of unbranched alkanes of at least 4 members (excludes halogenated alkanes) is 2. The van der Waals surface area contributed by atoms with E-state index in [1.54, 1.807) is 0 Å². The highest BCUT2D eigenvalue weighted by molar-refractivity contribution is 5.78. The summed E-state index contributed by atoms with van der Waals surface area (Å²) in [6.45, 7) is 8.89. The van der Waals surface area contributed by atoms with E-state index in [-0.39, 0.29) is 0 Å². The van der Waals surface area contributed by atoms with Crippen LogP contribution >= 0.6 is 0 Å². The van der Waals surface area contributed by atoms with Crippen LogP contribution in [0, 0.1) is 0 Å². The average molecular weight is 297 g/mol. The number of carbonyl (C=O) groups excluding carboxylic acids is 1. The minimum Gasteiger partial charge on any atom is -0.342 e. The van der Waals surface area contributed by atoms with Crippen LogP contribution in [0.4, 0.5) is 0 Å². The van der Waals surface area contributed by atoms with E-state index in [1.165, 1.54) is 19.3 Å². The molecule has 4 heteroatoms. The molecule has 0 aromatic rings. The standard InChI is InChI=1S/C17H35N3O/c1-4-6-12-20(13-7-5-2)17(21)15-19(3)14-16-10-8-9-11-18-16/h16,18H,4-15H2,1-3H3. The lowest BCUT2D eigenvalue weighted by molar-refractivity contribution is -0.132. The third-order valence-electron chi connectivity index (χ3n) is 4.27. The first-order valence-corrected chi connectivity index (χ1v) is 8.87. The highest BCUT2D eigenvalue weighted by atomic mass is 16.2. The van der Waals surface area contributed by atoms with E-state index >= 15 is 0 Å². The predicted octanol–water partition coefficient (Wildman–Crippen LogP) is 2.49. The molecule has 1 unspecified atom stereocenters. The first kappa shape index (κ1) is 18.4. The summed E-state index contributed by atoms with van der Waals surface area (Å²) in [5.41, 5.74) is 0. The minimum atomic E-state index is 0.301. The van der Waals surface area contributed by atoms with E-state index in [0.29, 0.717) is 18.5 Å². The maximum atomic E-state index is 12.5. The number of likely N-dealkylation sites (N-methyl/N-ethyl adjacent to an activating group) is 1. The van der Waals surface area contributed by atoms with Crippen LogP contribution in [0.15, 0.2) is 0 Å². The first-order valence-electron chi connectivity index (χ1n) is 8.87. The van der Waals surface area contributed by atoms with Crippen LogP contribution in [-0.2, 0) is 4.79 Å². The molecule has 1 saturated heterocycles. The van der Waals surface area contributed by atoms with Gasteiger partial charge >= 0.3 is 0 Å². The summed E-state index contributed by atoms with van der Waals surface area (Å²) < 4.78 is 0. The molecule has 1 fully saturated rings. The van der Waals surface area contributed by atoms with Crippen LogP contribution in [-0.4, -0.2) is 61.5 Å². The number of hydrogen-bond donors (Lipinski definition) is 1. The number of rotatable bonds is 10. The molecule has 1 aliphatic rings. The molecule has 21 heavy (non-hydrogen) atoms. The van der Waals surface area contributed by atoms with Gasteiger partial charge in [-0.2, -0.15) is 0 Å². The van der Waals surface area contributed by atoms with Gasteiger partial charge in [-0.3, -0.25) is 9.69 Å². The fourth-order valence-corrected chi connectivity index (χ4v) is 2.91. The lowest BCUT2D eigenvalue weighted by atomic mass is 10.0. The number of piperidine rings is 1. The second-order valence-electron chi connectivity index (χ2n) is 6.43. The Hall–Kier alpha value is -0.610. The quantitative estimate of drug-likeness (QED) is 0.673. The van der Waals surface area contributed by atoms with Crippen molar-refractivity contribution >= 4 is 5.91 Å². The zero-order valence-electron chi connectivity index (χ0n) is 14.4. The van der Waals surface area contributed by atoms with Gasteiger partial charge in [0, 0.05) is 25.7 Å². The van der Waals surface area contributed by atoms with Crippen molar-refractivity contribution in [1.29, 1.82) is 0 Å². The molecular formula is C17H35N3O. The second-order valence-corrected chi connectivity index (χ2v) is 6.43. The van der Waals surface area contributed by atoms with Gasteiger partial charge in [0.1, 0.15) is 0 Å². The van der Waals surface area contributed by atoms with Crippen molar-refractivity contribution in [3.05, 3.63) is 0 Å². The molecule has 1 atom stereocenters. The summed E-state index contributed by atoms with van der Waals surface area (Å²) in [5.74, 6) is 0.301. The smallest absolute Gasteiger partial charge is 0.236 e. The summed E-state index contributed by atoms with van der Waals surface area (Å²) in [5, 5.41) is 3.55. The molecule has 0 spiro atoms. The van der Waals surface area contributed by atoms with Gasteiger partial charge in [0.05, 0.1) is 6.54 Å². The molecule has 124 valence electrons. The number of amides is 1. The van der Waals surface area contributed by atoms with Crippen molar-refractivity contribution in [2.45, 2.75) is 64.8 Å². The maximum absolute atomic E-state index is 12.5. The summed E-state index contributed by atoms with van der Waals surface area (Å²) >= 11 is 0. The van der Waals surface area contributed by atoms with E-state index in [2.05, 4.69) is 36.0 Å². The molecule has 1 aliphatic heterocycles. The molecule has 1 rings (SSSR count). The molecule has 1 amide bonds. The molecule has 0 radical (unpaired) electrons. The Morgan fingerprint density at radius 3 is 2.33 bits per heavy atom. The van der Waals surface area contributed by atoms with Gasteiger partial charge in [-0.1, -0.05) is 33.1 Å². The average Bonchev–Trinajstić information content (AvgIpc) is 2.48. The van der Waals surface area contributed by atoms with E-state index in [4.69, 9.17) is 0 Å². The summed E-state index contributed by atoms with van der Waals surface area (Å²) in [6.07, 6.45) is 8.38. The zero-order chi connectivity index (χ0) is 15.5. The van der Waals surface area contributed by atoms with Crippen LogP contribution in [0.2, 0.25) is 0 Å². The molecule has 1 heterocycles. The Morgan fingerprint density at radius 2 is 1.81 bits per heavy atom. The molecule has 1 N–H and O–H groups in total. The van der Waals surface area contributed by atoms with Crippen molar-refractivity contribution < 1.29 is 4.79 Å². The minimum absolute atomic E-state index is 0.301. The van der Waals surface area contributed by atoms with Gasteiger partial charge in [-0.25, -0.2) is 0 Å². The molecule has 0 aliphatic carbocycles. The number of nitrogens with zero attached hydrogens (tertiary/aromatic N) is 2. The van der Waals surface area contributed by atoms with Crippen LogP contribution in [0.25, 0.3) is 0 Å². The molecule has 0 aromatic heterocycles. The second kappa shape index (κ2) is 11.0. The van der Waals surface area contributed by atoms with Crippen LogP contribution in [0.3, 0.4) is 0 Å². The topological polar surface area (TPSA) is 35.6 Å². The van der Waals surface area contributed by atoms with Gasteiger partial charge in [0.2, 0.25) is 5.91 Å². The molecule has 4 nitrogen and oxygen atoms in total. The predicted molar refractivity (Wildman–Crippen MR) is 89.5 cm³/mol. The largest absolute Gasteiger partial charge is 0.342 e. The Bertz CT molecular complexity index is 269. The summed E-state index contributed by atoms with van der Waals surface area (Å²) in [4.78, 5) is 16.7. The highest BCUT2D eigenvalue weighted by Gasteiger charge is 2.18. The zero-order valence-corrected chi connectivity index (χ0v) is 14.4. The lowest BCUT2D eigenvalue weighted by Gasteiger charge is -2.30. The Kier molecular flexibility index (Phi) is 9.68. The summed E-state index contributed by atoms with van der Waals surface area (Å²) in [6, 6.07) is 0.566. The number of carbonyl (C=O) groups is 1. The lowest BCUT2D eigenvalue weighted by Crippen LogP contribution is -2.46. The third kappa shape index (κ3) is 7.82. The van der Waals surface area contributed by atoms with Crippen molar-refractivity contribution in [3.63, 3.8) is 0 Å². The first-order chi connectivity index (χ1) is 10.2. The van der Waals surface area contributed by atoms with Gasteiger partial charge in [0.15, 0.2) is 0 Å². The van der Waals surface area contributed by atoms with Gasteiger partial charge in [-0.05, 0) is 39.3 Å². The van der Waals surface area contributed by atoms with E-state index in [1.807, 2.05) is 0 Å². The number of hydrogen-bond acceptors (Lipinski definition) is 3. The van der Waals surface area contributed by atoms with Crippen molar-refractivity contribution in [1.82, 2.24) is 15.1 Å². The van der Waals surface area contributed by atoms with Gasteiger partial charge in [0.25, 0.3) is 0 Å². The Balaban J connectivity index is 2.34. The fourth-order valence-electron chi connectivity index (χ4n) is 2.91. The summed E-state index contributed by atoms with van der Waals surface area (Å²) in [7, 11) is 2.08. The molecule has 0 aromatic carbocycles. The fraction of sp³-hybridized carbons (Fsp3) is 0.941. The van der Waals surface area contributed by atoms with Crippen molar-refractivity contribution in [2.24, 2.45) is 0 Å². The van der Waals surface area contributed by atoms with Crippen LogP contribution in [0.5, 0.6) is 0 Å². The highest BCUT2D eigenvalue weighted by Crippen LogP contribution is 2.08. The monoisotopic (exact) mass is 297 g/mol. The van der Waals surface area contributed by atoms with E-state index in [9.17, 15) is 4.79 Å². The Labute approximate surface area is 131 Å². The van der Waals surface area contributed by atoms with Crippen LogP contribution < -0.4 is 5.32 Å². The number of nitrogens with one attached hydrogen (secondary N) is 1. The van der Waals surface area contributed by atoms with Crippen molar-refractivity contribution in [3.8, 4) is 0 Å². The Morgan fingerprint density at radius 1 is 1.14 bits per heavy atom. The SMILES string of the molecule is CCCCN(CCCC)C(=O)CN(C)CC1CCCCN1. The third-order valence-corrected chi connectivity index (χ3v) is 4.27. The van der Waals surface area contributed by atoms with Gasteiger partial charge < -0.3 is 10.2 Å². The molecule has 0 bridgehead atoms. The molecule has 0 saturated carbocycles. The van der Waals surface area contributed by atoms with E-state index < -0.39 is 0 Å². The van der Waals surface area contributed by atoms with Crippen molar-refractivity contribution in [2.75, 3.05) is 39.8 Å². The van der Waals surface area contributed by atoms with E-state index in [0.717, 1.165) is 51.9 Å². The van der Waals surface area contributed by atoms with Gasteiger partial charge in [-0.15, -0.1) is 0 Å². The van der Waals surface area contributed by atoms with Crippen LogP contribution in [0.1, 0.15) is 58.8 Å². The molecular weight excluding hydrogens is 262 g/mol. The maximum Gasteiger partial charge on any atom is 0.236 e. The normalized spacial score (nSPS) is 19.0.